The predicted molar refractivity (Wildman–Crippen MR) is 103 cm³/mol. The normalized spacial score (nSPS) is 12.9. The summed E-state index contributed by atoms with van der Waals surface area (Å²) in [5.41, 5.74) is 1.22. The van der Waals surface area contributed by atoms with Gasteiger partial charge in [-0.25, -0.2) is 4.79 Å². The number of nitrogens with one attached hydrogen (secondary N) is 1. The van der Waals surface area contributed by atoms with Crippen LogP contribution in [-0.2, 0) is 4.74 Å². The van der Waals surface area contributed by atoms with Gasteiger partial charge in [0.1, 0.15) is 6.10 Å². The standard InChI is InChI=1S/C19H22BrNO5/c1-12(9-10-22)18(13-3-8-17(25-2)16(23)11-13)26-19(24)21-15-6-4-14(20)5-7-15/h3-8,11-12,18,22-23H,9-10H2,1-2H3,(H,21,24)/t12-,18-/m1/s1. The lowest BCUT2D eigenvalue weighted by atomic mass is 9.94. The van der Waals surface area contributed by atoms with Gasteiger partial charge >= 0.3 is 6.09 Å². The zero-order chi connectivity index (χ0) is 19.1. The Morgan fingerprint density at radius 1 is 1.23 bits per heavy atom. The molecule has 0 unspecified atom stereocenters. The predicted octanol–water partition coefficient (Wildman–Crippen LogP) is 4.47. The molecule has 26 heavy (non-hydrogen) atoms. The minimum atomic E-state index is -0.630. The second-order valence-corrected chi connectivity index (χ2v) is 6.79. The van der Waals surface area contributed by atoms with E-state index in [1.807, 2.05) is 19.1 Å². The van der Waals surface area contributed by atoms with Gasteiger partial charge in [0.05, 0.1) is 7.11 Å². The van der Waals surface area contributed by atoms with E-state index in [4.69, 9.17) is 9.47 Å². The number of aliphatic hydroxyl groups excluding tert-OH is 1. The summed E-state index contributed by atoms with van der Waals surface area (Å²) in [4.78, 5) is 12.3. The summed E-state index contributed by atoms with van der Waals surface area (Å²) < 4.78 is 11.5. The van der Waals surface area contributed by atoms with Crippen molar-refractivity contribution < 1.29 is 24.5 Å². The molecule has 140 valence electrons. The van der Waals surface area contributed by atoms with Gasteiger partial charge in [-0.1, -0.05) is 28.9 Å². The van der Waals surface area contributed by atoms with Crippen LogP contribution in [0.25, 0.3) is 0 Å². The molecule has 2 rings (SSSR count). The van der Waals surface area contributed by atoms with Crippen LogP contribution in [0.3, 0.4) is 0 Å². The maximum absolute atomic E-state index is 12.3. The van der Waals surface area contributed by atoms with Crippen LogP contribution < -0.4 is 10.1 Å². The number of phenols is 1. The van der Waals surface area contributed by atoms with Crippen LogP contribution in [0, 0.1) is 5.92 Å². The van der Waals surface area contributed by atoms with Crippen molar-refractivity contribution in [3.63, 3.8) is 0 Å². The molecule has 6 nitrogen and oxygen atoms in total. The van der Waals surface area contributed by atoms with Crippen LogP contribution in [0.2, 0.25) is 0 Å². The largest absolute Gasteiger partial charge is 0.504 e. The van der Waals surface area contributed by atoms with E-state index >= 15 is 0 Å². The number of halogens is 1. The first-order chi connectivity index (χ1) is 12.4. The minimum Gasteiger partial charge on any atom is -0.504 e. The maximum Gasteiger partial charge on any atom is 0.412 e. The van der Waals surface area contributed by atoms with E-state index in [0.29, 0.717) is 23.4 Å². The van der Waals surface area contributed by atoms with Crippen molar-refractivity contribution >= 4 is 27.7 Å². The van der Waals surface area contributed by atoms with Gasteiger partial charge in [0, 0.05) is 16.8 Å². The van der Waals surface area contributed by atoms with Gasteiger partial charge in [0.2, 0.25) is 0 Å². The molecule has 3 N–H and O–H groups in total. The number of hydrogen-bond acceptors (Lipinski definition) is 5. The van der Waals surface area contributed by atoms with Gasteiger partial charge in [-0.05, 0) is 54.3 Å². The maximum atomic E-state index is 12.3. The van der Waals surface area contributed by atoms with Crippen molar-refractivity contribution in [2.24, 2.45) is 5.92 Å². The zero-order valence-electron chi connectivity index (χ0n) is 14.6. The number of carbonyl (C=O) groups is 1. The number of phenolic OH excluding ortho intramolecular Hbond substituents is 1. The first-order valence-electron chi connectivity index (χ1n) is 8.15. The number of methoxy groups -OCH3 is 1. The van der Waals surface area contributed by atoms with E-state index in [9.17, 15) is 15.0 Å². The number of benzene rings is 2. The second-order valence-electron chi connectivity index (χ2n) is 5.88. The minimum absolute atomic E-state index is 0.0303. The molecule has 2 aromatic rings. The topological polar surface area (TPSA) is 88.0 Å². The molecule has 0 spiro atoms. The van der Waals surface area contributed by atoms with Gasteiger partial charge < -0.3 is 19.7 Å². The van der Waals surface area contributed by atoms with E-state index in [1.54, 1.807) is 24.3 Å². The van der Waals surface area contributed by atoms with E-state index in [1.165, 1.54) is 13.2 Å². The Labute approximate surface area is 160 Å². The van der Waals surface area contributed by atoms with Crippen LogP contribution in [0.15, 0.2) is 46.9 Å². The average Bonchev–Trinajstić information content (AvgIpc) is 2.61. The van der Waals surface area contributed by atoms with E-state index in [0.717, 1.165) is 4.47 Å². The molecule has 7 heteroatoms. The second kappa shape index (κ2) is 9.45. The number of anilines is 1. The highest BCUT2D eigenvalue weighted by molar-refractivity contribution is 9.10. The summed E-state index contributed by atoms with van der Waals surface area (Å²) in [6, 6.07) is 12.0. The van der Waals surface area contributed by atoms with Gasteiger partial charge in [0.15, 0.2) is 11.5 Å². The van der Waals surface area contributed by atoms with Crippen molar-refractivity contribution in [1.82, 2.24) is 0 Å². The Kier molecular flexibility index (Phi) is 7.29. The third kappa shape index (κ3) is 5.37. The molecule has 0 radical (unpaired) electrons. The third-order valence-corrected chi connectivity index (χ3v) is 4.49. The van der Waals surface area contributed by atoms with Crippen LogP contribution in [0.1, 0.15) is 25.0 Å². The highest BCUT2D eigenvalue weighted by atomic mass is 79.9. The monoisotopic (exact) mass is 423 g/mol. The summed E-state index contributed by atoms with van der Waals surface area (Å²) >= 11 is 3.34. The summed E-state index contributed by atoms with van der Waals surface area (Å²) in [5, 5.41) is 21.9. The molecule has 0 saturated carbocycles. The number of aliphatic hydroxyl groups is 1. The van der Waals surface area contributed by atoms with Crippen LogP contribution >= 0.6 is 15.9 Å². The van der Waals surface area contributed by atoms with E-state index in [-0.39, 0.29) is 18.3 Å². The summed E-state index contributed by atoms with van der Waals surface area (Å²) in [6.07, 6.45) is -0.796. The highest BCUT2D eigenvalue weighted by Crippen LogP contribution is 2.34. The lowest BCUT2D eigenvalue weighted by molar-refractivity contribution is 0.0666. The van der Waals surface area contributed by atoms with Crippen LogP contribution in [-0.4, -0.2) is 30.0 Å². The van der Waals surface area contributed by atoms with E-state index in [2.05, 4.69) is 21.2 Å². The van der Waals surface area contributed by atoms with Crippen LogP contribution in [0.4, 0.5) is 10.5 Å². The van der Waals surface area contributed by atoms with Gasteiger partial charge in [-0.3, -0.25) is 5.32 Å². The molecule has 0 aromatic heterocycles. The fraction of sp³-hybridized carbons (Fsp3) is 0.316. The Balaban J connectivity index is 2.17. The fourth-order valence-corrected chi connectivity index (χ4v) is 2.81. The van der Waals surface area contributed by atoms with Gasteiger partial charge in [-0.15, -0.1) is 0 Å². The molecule has 0 aliphatic carbocycles. The van der Waals surface area contributed by atoms with Gasteiger partial charge in [0.25, 0.3) is 0 Å². The SMILES string of the molecule is COc1ccc([C@H](OC(=O)Nc2ccc(Br)cc2)[C@H](C)CCO)cc1O. The highest BCUT2D eigenvalue weighted by Gasteiger charge is 2.24. The Hall–Kier alpha value is -2.25. The lowest BCUT2D eigenvalue weighted by Crippen LogP contribution is -2.22. The molecule has 2 atom stereocenters. The Morgan fingerprint density at radius 2 is 1.92 bits per heavy atom. The number of aromatic hydroxyl groups is 1. The fourth-order valence-electron chi connectivity index (χ4n) is 2.55. The molecule has 0 saturated heterocycles. The van der Waals surface area contributed by atoms with Crippen molar-refractivity contribution in [2.75, 3.05) is 19.0 Å². The smallest absolute Gasteiger partial charge is 0.412 e. The summed E-state index contributed by atoms with van der Waals surface area (Å²) in [6.45, 7) is 1.84. The number of ether oxygens (including phenoxy) is 2. The molecular weight excluding hydrogens is 402 g/mol. The Morgan fingerprint density at radius 3 is 2.50 bits per heavy atom. The lowest BCUT2D eigenvalue weighted by Gasteiger charge is -2.24. The molecular formula is C19H22BrNO5. The molecule has 0 bridgehead atoms. The number of rotatable bonds is 7. The number of amides is 1. The van der Waals surface area contributed by atoms with E-state index < -0.39 is 12.2 Å². The molecule has 0 fully saturated rings. The van der Waals surface area contributed by atoms with Crippen molar-refractivity contribution in [2.45, 2.75) is 19.4 Å². The van der Waals surface area contributed by atoms with Crippen molar-refractivity contribution in [3.8, 4) is 11.5 Å². The third-order valence-electron chi connectivity index (χ3n) is 3.96. The van der Waals surface area contributed by atoms with Crippen molar-refractivity contribution in [3.05, 3.63) is 52.5 Å². The molecule has 0 aliphatic heterocycles. The van der Waals surface area contributed by atoms with Crippen LogP contribution in [0.5, 0.6) is 11.5 Å². The quantitative estimate of drug-likeness (QED) is 0.611. The molecule has 1 amide bonds. The van der Waals surface area contributed by atoms with Gasteiger partial charge in [-0.2, -0.15) is 0 Å². The molecule has 0 aliphatic rings. The Bertz CT molecular complexity index is 735. The number of carbonyl (C=O) groups excluding carboxylic acids is 1. The first kappa shape index (κ1) is 20.1. The number of hydrogen-bond donors (Lipinski definition) is 3. The average molecular weight is 424 g/mol. The zero-order valence-corrected chi connectivity index (χ0v) is 16.2. The first-order valence-corrected chi connectivity index (χ1v) is 8.95. The molecule has 2 aromatic carbocycles. The summed E-state index contributed by atoms with van der Waals surface area (Å²) in [5.74, 6) is 0.146. The summed E-state index contributed by atoms with van der Waals surface area (Å²) in [7, 11) is 1.46. The molecule has 0 heterocycles. The van der Waals surface area contributed by atoms with Crippen molar-refractivity contribution in [1.29, 1.82) is 0 Å².